The number of aryl methyl sites for hydroxylation is 1. The second kappa shape index (κ2) is 8.19. The number of rotatable bonds is 5. The van der Waals surface area contributed by atoms with Crippen LogP contribution in [0.15, 0.2) is 48.5 Å². The second-order valence-electron chi connectivity index (χ2n) is 6.65. The molecule has 1 aliphatic rings. The highest BCUT2D eigenvalue weighted by Crippen LogP contribution is 2.42. The predicted molar refractivity (Wildman–Crippen MR) is 102 cm³/mol. The van der Waals surface area contributed by atoms with E-state index in [9.17, 15) is 10.2 Å². The first-order valence-electron chi connectivity index (χ1n) is 8.79. The molecular weight excluding hydrogens is 316 g/mol. The van der Waals surface area contributed by atoms with Crippen molar-refractivity contribution in [2.45, 2.75) is 49.2 Å². The summed E-state index contributed by atoms with van der Waals surface area (Å²) < 4.78 is 0. The van der Waals surface area contributed by atoms with Crippen molar-refractivity contribution in [2.24, 2.45) is 0 Å². The number of aliphatic hydroxyl groups is 2. The number of thioether (sulfide) groups is 1. The van der Waals surface area contributed by atoms with Crippen LogP contribution in [0.3, 0.4) is 0 Å². The Hall–Kier alpha value is -1.29. The van der Waals surface area contributed by atoms with Gasteiger partial charge in [-0.3, -0.25) is 0 Å². The molecule has 3 heteroatoms. The number of hydrogen-bond acceptors (Lipinski definition) is 3. The van der Waals surface area contributed by atoms with E-state index in [0.29, 0.717) is 6.42 Å². The number of benzene rings is 2. The van der Waals surface area contributed by atoms with E-state index >= 15 is 0 Å². The van der Waals surface area contributed by atoms with Gasteiger partial charge in [-0.1, -0.05) is 55.5 Å². The van der Waals surface area contributed by atoms with E-state index in [0.717, 1.165) is 19.3 Å². The molecule has 24 heavy (non-hydrogen) atoms. The zero-order valence-electron chi connectivity index (χ0n) is 14.2. The summed E-state index contributed by atoms with van der Waals surface area (Å²) in [4.78, 5) is 0. The highest BCUT2D eigenvalue weighted by molar-refractivity contribution is 8.00. The number of aliphatic hydroxyl groups excluding tert-OH is 2. The van der Waals surface area contributed by atoms with Crippen molar-refractivity contribution in [3.63, 3.8) is 0 Å². The molecule has 1 fully saturated rings. The minimum atomic E-state index is -0.307. The normalized spacial score (nSPS) is 24.0. The minimum absolute atomic E-state index is 0.141. The molecule has 128 valence electrons. The van der Waals surface area contributed by atoms with Crippen molar-refractivity contribution in [2.75, 3.05) is 6.61 Å². The van der Waals surface area contributed by atoms with Crippen LogP contribution in [0.1, 0.15) is 47.3 Å². The standard InChI is InChI=1S/C21H26O2S/c1-2-15-6-8-16(9-7-15)10-17-4-3-5-18(11-17)21-13-19(23)12-20(14-22)24-21/h3-9,11,19-23H,2,10,12-14H2,1H3. The third kappa shape index (κ3) is 4.41. The van der Waals surface area contributed by atoms with Gasteiger partial charge in [-0.15, -0.1) is 11.8 Å². The summed E-state index contributed by atoms with van der Waals surface area (Å²) >= 11 is 1.80. The van der Waals surface area contributed by atoms with Crippen molar-refractivity contribution >= 4 is 11.8 Å². The molecule has 0 bridgehead atoms. The Morgan fingerprint density at radius 3 is 2.46 bits per heavy atom. The van der Waals surface area contributed by atoms with E-state index < -0.39 is 0 Å². The van der Waals surface area contributed by atoms with Crippen molar-refractivity contribution in [3.05, 3.63) is 70.8 Å². The molecule has 0 aromatic heterocycles. The van der Waals surface area contributed by atoms with Gasteiger partial charge in [0.1, 0.15) is 0 Å². The highest BCUT2D eigenvalue weighted by atomic mass is 32.2. The lowest BCUT2D eigenvalue weighted by Crippen LogP contribution is -2.26. The molecule has 0 saturated carbocycles. The Morgan fingerprint density at radius 1 is 1.00 bits per heavy atom. The van der Waals surface area contributed by atoms with Gasteiger partial charge in [0, 0.05) is 10.5 Å². The molecular formula is C21H26O2S. The van der Waals surface area contributed by atoms with Crippen LogP contribution in [0, 0.1) is 0 Å². The van der Waals surface area contributed by atoms with Gasteiger partial charge >= 0.3 is 0 Å². The van der Waals surface area contributed by atoms with E-state index in [1.807, 2.05) is 0 Å². The Morgan fingerprint density at radius 2 is 1.75 bits per heavy atom. The van der Waals surface area contributed by atoms with E-state index in [1.54, 1.807) is 11.8 Å². The topological polar surface area (TPSA) is 40.5 Å². The van der Waals surface area contributed by atoms with E-state index in [1.165, 1.54) is 22.3 Å². The fraction of sp³-hybridized carbons (Fsp3) is 0.429. The van der Waals surface area contributed by atoms with Gasteiger partial charge in [-0.2, -0.15) is 0 Å². The first-order valence-corrected chi connectivity index (χ1v) is 9.73. The summed E-state index contributed by atoms with van der Waals surface area (Å²) in [5, 5.41) is 19.9. The summed E-state index contributed by atoms with van der Waals surface area (Å²) in [6.45, 7) is 2.32. The summed E-state index contributed by atoms with van der Waals surface area (Å²) in [7, 11) is 0. The number of hydrogen-bond donors (Lipinski definition) is 2. The van der Waals surface area contributed by atoms with Gasteiger partial charge in [0.15, 0.2) is 0 Å². The molecule has 2 N–H and O–H groups in total. The lowest BCUT2D eigenvalue weighted by molar-refractivity contribution is 0.137. The summed E-state index contributed by atoms with van der Waals surface area (Å²) in [6.07, 6.45) is 3.17. The van der Waals surface area contributed by atoms with Gasteiger partial charge in [0.25, 0.3) is 0 Å². The molecule has 0 radical (unpaired) electrons. The van der Waals surface area contributed by atoms with Crippen LogP contribution in [0.5, 0.6) is 0 Å². The van der Waals surface area contributed by atoms with Crippen LogP contribution in [-0.4, -0.2) is 28.2 Å². The molecule has 2 aromatic rings. The minimum Gasteiger partial charge on any atom is -0.395 e. The SMILES string of the molecule is CCc1ccc(Cc2cccc(C3CC(O)CC(CO)S3)c2)cc1. The van der Waals surface area contributed by atoms with Crippen LogP contribution in [0.25, 0.3) is 0 Å². The van der Waals surface area contributed by atoms with E-state index in [2.05, 4.69) is 55.5 Å². The van der Waals surface area contributed by atoms with E-state index in [4.69, 9.17) is 0 Å². The molecule has 1 heterocycles. The van der Waals surface area contributed by atoms with Crippen molar-refractivity contribution in [3.8, 4) is 0 Å². The monoisotopic (exact) mass is 342 g/mol. The molecule has 1 saturated heterocycles. The average molecular weight is 343 g/mol. The van der Waals surface area contributed by atoms with Crippen molar-refractivity contribution in [1.82, 2.24) is 0 Å². The van der Waals surface area contributed by atoms with E-state index in [-0.39, 0.29) is 23.2 Å². The Kier molecular flexibility index (Phi) is 5.99. The summed E-state index contributed by atoms with van der Waals surface area (Å²) in [5.41, 5.74) is 5.27. The molecule has 1 aliphatic heterocycles. The maximum absolute atomic E-state index is 10.1. The first kappa shape index (κ1) is 17.5. The third-order valence-corrected chi connectivity index (χ3v) is 6.26. The maximum atomic E-state index is 10.1. The molecule has 2 nitrogen and oxygen atoms in total. The van der Waals surface area contributed by atoms with Gasteiger partial charge in [0.05, 0.1) is 12.7 Å². The molecule has 2 aromatic carbocycles. The lowest BCUT2D eigenvalue weighted by Gasteiger charge is -2.31. The maximum Gasteiger partial charge on any atom is 0.0565 e. The summed E-state index contributed by atoms with van der Waals surface area (Å²) in [6, 6.07) is 17.5. The van der Waals surface area contributed by atoms with Crippen LogP contribution < -0.4 is 0 Å². The Labute approximate surface area is 148 Å². The summed E-state index contributed by atoms with van der Waals surface area (Å²) in [5.74, 6) is 0. The van der Waals surface area contributed by atoms with Gasteiger partial charge in [-0.25, -0.2) is 0 Å². The van der Waals surface area contributed by atoms with Crippen LogP contribution in [0.4, 0.5) is 0 Å². The molecule has 0 amide bonds. The molecule has 3 rings (SSSR count). The smallest absolute Gasteiger partial charge is 0.0565 e. The third-order valence-electron chi connectivity index (χ3n) is 4.74. The van der Waals surface area contributed by atoms with Crippen molar-refractivity contribution in [1.29, 1.82) is 0 Å². The van der Waals surface area contributed by atoms with Crippen LogP contribution in [0.2, 0.25) is 0 Å². The van der Waals surface area contributed by atoms with Crippen LogP contribution >= 0.6 is 11.8 Å². The lowest BCUT2D eigenvalue weighted by atomic mass is 9.97. The first-order chi connectivity index (χ1) is 11.7. The predicted octanol–water partition coefficient (Wildman–Crippen LogP) is 4.13. The molecule has 3 unspecified atom stereocenters. The van der Waals surface area contributed by atoms with Crippen molar-refractivity contribution < 1.29 is 10.2 Å². The Bertz CT molecular complexity index is 653. The highest BCUT2D eigenvalue weighted by Gasteiger charge is 2.28. The van der Waals surface area contributed by atoms with Gasteiger partial charge in [-0.05, 0) is 47.9 Å². The average Bonchev–Trinajstić information content (AvgIpc) is 2.62. The van der Waals surface area contributed by atoms with Gasteiger partial charge in [0.2, 0.25) is 0 Å². The van der Waals surface area contributed by atoms with Gasteiger partial charge < -0.3 is 10.2 Å². The second-order valence-corrected chi connectivity index (χ2v) is 8.15. The van der Waals surface area contributed by atoms with Crippen LogP contribution in [-0.2, 0) is 12.8 Å². The zero-order valence-corrected chi connectivity index (χ0v) is 15.0. The molecule has 0 aliphatic carbocycles. The fourth-order valence-electron chi connectivity index (χ4n) is 3.35. The largest absolute Gasteiger partial charge is 0.395 e. The zero-order chi connectivity index (χ0) is 16.9. The molecule has 3 atom stereocenters. The Balaban J connectivity index is 1.73. The molecule has 0 spiro atoms. The fourth-order valence-corrected chi connectivity index (χ4v) is 4.88. The quantitative estimate of drug-likeness (QED) is 0.858.